The van der Waals surface area contributed by atoms with Crippen LogP contribution >= 0.6 is 0 Å². The molecule has 1 aromatic rings. The van der Waals surface area contributed by atoms with E-state index >= 15 is 0 Å². The van der Waals surface area contributed by atoms with Crippen LogP contribution in [0, 0.1) is 18.3 Å². The van der Waals surface area contributed by atoms with Gasteiger partial charge in [0.25, 0.3) is 0 Å². The number of aryl methyl sites for hydroxylation is 1. The van der Waals surface area contributed by atoms with Crippen molar-refractivity contribution in [2.45, 2.75) is 19.9 Å². The molecule has 2 nitrogen and oxygen atoms in total. The quantitative estimate of drug-likeness (QED) is 0.682. The first-order valence-corrected chi connectivity index (χ1v) is 3.91. The van der Waals surface area contributed by atoms with Crippen LogP contribution in [0.2, 0.25) is 0 Å². The van der Waals surface area contributed by atoms with Gasteiger partial charge in [-0.2, -0.15) is 5.26 Å². The summed E-state index contributed by atoms with van der Waals surface area (Å²) in [5, 5.41) is 8.61. The van der Waals surface area contributed by atoms with Crippen molar-refractivity contribution in [2.24, 2.45) is 5.73 Å². The first-order valence-electron chi connectivity index (χ1n) is 3.91. The van der Waals surface area contributed by atoms with Gasteiger partial charge in [-0.05, 0) is 37.1 Å². The lowest BCUT2D eigenvalue weighted by molar-refractivity contribution is 0.810. The molecule has 12 heavy (non-hydrogen) atoms. The molecule has 1 unspecified atom stereocenters. The van der Waals surface area contributed by atoms with Crippen molar-refractivity contribution in [3.05, 3.63) is 34.9 Å². The molecule has 0 radical (unpaired) electrons. The zero-order chi connectivity index (χ0) is 9.14. The molecule has 0 bridgehead atoms. The predicted octanol–water partition coefficient (Wildman–Crippen LogP) is 1.89. The molecule has 1 atom stereocenters. The van der Waals surface area contributed by atoms with Crippen molar-refractivity contribution < 1.29 is 0 Å². The average Bonchev–Trinajstić information content (AvgIpc) is 2.03. The van der Waals surface area contributed by atoms with Gasteiger partial charge in [-0.3, -0.25) is 0 Å². The molecular weight excluding hydrogens is 148 g/mol. The molecule has 0 heterocycles. The fourth-order valence-corrected chi connectivity index (χ4v) is 1.26. The van der Waals surface area contributed by atoms with Crippen molar-refractivity contribution in [1.82, 2.24) is 0 Å². The Morgan fingerprint density at radius 3 is 2.58 bits per heavy atom. The Labute approximate surface area is 72.6 Å². The van der Waals surface area contributed by atoms with E-state index in [1.54, 1.807) is 6.07 Å². The molecule has 0 spiro atoms. The van der Waals surface area contributed by atoms with E-state index in [0.29, 0.717) is 5.56 Å². The van der Waals surface area contributed by atoms with Crippen molar-refractivity contribution in [3.8, 4) is 6.07 Å². The highest BCUT2D eigenvalue weighted by molar-refractivity contribution is 5.38. The van der Waals surface area contributed by atoms with Crippen LogP contribution in [0.4, 0.5) is 0 Å². The zero-order valence-electron chi connectivity index (χ0n) is 7.33. The van der Waals surface area contributed by atoms with E-state index in [2.05, 4.69) is 6.07 Å². The number of nitrogens with two attached hydrogens (primary N) is 1. The van der Waals surface area contributed by atoms with Crippen LogP contribution in [-0.4, -0.2) is 0 Å². The standard InChI is InChI=1S/C10H12N2/c1-7-5-9(6-11)3-4-10(7)8(2)12/h3-5,8H,12H2,1-2H3. The third kappa shape index (κ3) is 1.63. The number of hydrogen-bond acceptors (Lipinski definition) is 2. The highest BCUT2D eigenvalue weighted by Crippen LogP contribution is 2.16. The maximum Gasteiger partial charge on any atom is 0.0991 e. The van der Waals surface area contributed by atoms with Gasteiger partial charge in [0, 0.05) is 6.04 Å². The molecule has 0 aliphatic carbocycles. The number of nitrogens with zero attached hydrogens (tertiary/aromatic N) is 1. The van der Waals surface area contributed by atoms with E-state index in [1.807, 2.05) is 26.0 Å². The van der Waals surface area contributed by atoms with Gasteiger partial charge in [-0.15, -0.1) is 0 Å². The van der Waals surface area contributed by atoms with E-state index in [9.17, 15) is 0 Å². The Hall–Kier alpha value is -1.33. The van der Waals surface area contributed by atoms with Gasteiger partial charge in [-0.1, -0.05) is 6.07 Å². The Bertz CT molecular complexity index is 321. The van der Waals surface area contributed by atoms with Gasteiger partial charge in [0.15, 0.2) is 0 Å². The smallest absolute Gasteiger partial charge is 0.0991 e. The molecule has 0 fully saturated rings. The molecule has 0 amide bonds. The lowest BCUT2D eigenvalue weighted by atomic mass is 10.0. The first-order chi connectivity index (χ1) is 5.65. The molecule has 0 saturated carbocycles. The second kappa shape index (κ2) is 3.38. The molecule has 1 aromatic carbocycles. The molecule has 0 aliphatic rings. The topological polar surface area (TPSA) is 49.8 Å². The van der Waals surface area contributed by atoms with E-state index in [-0.39, 0.29) is 6.04 Å². The van der Waals surface area contributed by atoms with Crippen molar-refractivity contribution in [2.75, 3.05) is 0 Å². The summed E-state index contributed by atoms with van der Waals surface area (Å²) >= 11 is 0. The number of rotatable bonds is 1. The summed E-state index contributed by atoms with van der Waals surface area (Å²) in [6, 6.07) is 7.71. The van der Waals surface area contributed by atoms with E-state index in [0.717, 1.165) is 11.1 Å². The van der Waals surface area contributed by atoms with Gasteiger partial charge in [0.1, 0.15) is 0 Å². The van der Waals surface area contributed by atoms with Crippen molar-refractivity contribution in [1.29, 1.82) is 5.26 Å². The molecule has 0 aliphatic heterocycles. The molecule has 2 N–H and O–H groups in total. The SMILES string of the molecule is Cc1cc(C#N)ccc1C(C)N. The Morgan fingerprint density at radius 2 is 2.17 bits per heavy atom. The van der Waals surface area contributed by atoms with E-state index in [1.165, 1.54) is 0 Å². The second-order valence-corrected chi connectivity index (χ2v) is 2.97. The third-order valence-corrected chi connectivity index (χ3v) is 1.89. The maximum absolute atomic E-state index is 8.61. The molecule has 2 heteroatoms. The predicted molar refractivity (Wildman–Crippen MR) is 48.5 cm³/mol. The lowest BCUT2D eigenvalue weighted by Crippen LogP contribution is -2.06. The highest BCUT2D eigenvalue weighted by atomic mass is 14.6. The number of benzene rings is 1. The van der Waals surface area contributed by atoms with Crippen LogP contribution < -0.4 is 5.73 Å². The van der Waals surface area contributed by atoms with Crippen LogP contribution in [-0.2, 0) is 0 Å². The summed E-state index contributed by atoms with van der Waals surface area (Å²) < 4.78 is 0. The van der Waals surface area contributed by atoms with Gasteiger partial charge in [0.2, 0.25) is 0 Å². The normalized spacial score (nSPS) is 12.2. The van der Waals surface area contributed by atoms with Gasteiger partial charge >= 0.3 is 0 Å². The third-order valence-electron chi connectivity index (χ3n) is 1.89. The van der Waals surface area contributed by atoms with E-state index in [4.69, 9.17) is 11.0 Å². The summed E-state index contributed by atoms with van der Waals surface area (Å²) in [5.41, 5.74) is 8.61. The number of nitriles is 1. The molecule has 0 aromatic heterocycles. The van der Waals surface area contributed by atoms with Gasteiger partial charge in [-0.25, -0.2) is 0 Å². The van der Waals surface area contributed by atoms with Crippen molar-refractivity contribution in [3.63, 3.8) is 0 Å². The minimum absolute atomic E-state index is 0.0396. The Morgan fingerprint density at radius 1 is 1.50 bits per heavy atom. The largest absolute Gasteiger partial charge is 0.324 e. The Balaban J connectivity index is 3.14. The fourth-order valence-electron chi connectivity index (χ4n) is 1.26. The Kier molecular flexibility index (Phi) is 2.47. The summed E-state index contributed by atoms with van der Waals surface area (Å²) in [6.07, 6.45) is 0. The summed E-state index contributed by atoms with van der Waals surface area (Å²) in [6.45, 7) is 3.91. The summed E-state index contributed by atoms with van der Waals surface area (Å²) in [4.78, 5) is 0. The minimum Gasteiger partial charge on any atom is -0.324 e. The summed E-state index contributed by atoms with van der Waals surface area (Å²) in [7, 11) is 0. The van der Waals surface area contributed by atoms with Crippen LogP contribution in [0.3, 0.4) is 0 Å². The van der Waals surface area contributed by atoms with Crippen LogP contribution in [0.1, 0.15) is 29.7 Å². The lowest BCUT2D eigenvalue weighted by Gasteiger charge is -2.08. The zero-order valence-corrected chi connectivity index (χ0v) is 7.33. The summed E-state index contributed by atoms with van der Waals surface area (Å²) in [5.74, 6) is 0. The van der Waals surface area contributed by atoms with Crippen LogP contribution in [0.5, 0.6) is 0 Å². The fraction of sp³-hybridized carbons (Fsp3) is 0.300. The monoisotopic (exact) mass is 160 g/mol. The maximum atomic E-state index is 8.61. The average molecular weight is 160 g/mol. The van der Waals surface area contributed by atoms with Gasteiger partial charge in [0.05, 0.1) is 11.6 Å². The molecular formula is C10H12N2. The highest BCUT2D eigenvalue weighted by Gasteiger charge is 2.03. The second-order valence-electron chi connectivity index (χ2n) is 2.97. The van der Waals surface area contributed by atoms with Crippen LogP contribution in [0.25, 0.3) is 0 Å². The minimum atomic E-state index is 0.0396. The first kappa shape index (κ1) is 8.76. The molecule has 1 rings (SSSR count). The van der Waals surface area contributed by atoms with Gasteiger partial charge < -0.3 is 5.73 Å². The van der Waals surface area contributed by atoms with E-state index < -0.39 is 0 Å². The van der Waals surface area contributed by atoms with Crippen molar-refractivity contribution >= 4 is 0 Å². The van der Waals surface area contributed by atoms with Crippen LogP contribution in [0.15, 0.2) is 18.2 Å². The number of hydrogen-bond donors (Lipinski definition) is 1. The molecule has 62 valence electrons. The molecule has 0 saturated heterocycles.